The maximum absolute atomic E-state index is 13.0. The molecule has 0 unspecified atom stereocenters. The summed E-state index contributed by atoms with van der Waals surface area (Å²) in [4.78, 5) is 11.8. The summed E-state index contributed by atoms with van der Waals surface area (Å²) in [6, 6.07) is 6.50. The number of halogens is 1. The Morgan fingerprint density at radius 2 is 2.05 bits per heavy atom. The first kappa shape index (κ1) is 13.8. The molecule has 1 N–H and O–H groups in total. The SMILES string of the molecule is CC1CCC(NC(=O)/C=C/c2cccc(F)c2)CC1. The Bertz CT molecular complexity index is 462. The molecule has 2 nitrogen and oxygen atoms in total. The third-order valence-electron chi connectivity index (χ3n) is 3.64. The van der Waals surface area contributed by atoms with E-state index in [9.17, 15) is 9.18 Å². The molecular weight excluding hydrogens is 241 g/mol. The second-order valence-electron chi connectivity index (χ2n) is 5.35. The van der Waals surface area contributed by atoms with Gasteiger partial charge in [0.05, 0.1) is 0 Å². The van der Waals surface area contributed by atoms with Crippen molar-refractivity contribution in [1.82, 2.24) is 5.32 Å². The highest BCUT2D eigenvalue weighted by Crippen LogP contribution is 2.23. The van der Waals surface area contributed by atoms with Gasteiger partial charge in [0.1, 0.15) is 5.82 Å². The molecule has 0 saturated heterocycles. The Hall–Kier alpha value is -1.64. The number of nitrogens with one attached hydrogen (secondary N) is 1. The Balaban J connectivity index is 1.84. The summed E-state index contributed by atoms with van der Waals surface area (Å²) in [5.74, 6) is 0.392. The van der Waals surface area contributed by atoms with Crippen molar-refractivity contribution in [3.8, 4) is 0 Å². The summed E-state index contributed by atoms with van der Waals surface area (Å²) in [6.45, 7) is 2.25. The van der Waals surface area contributed by atoms with Gasteiger partial charge in [0.2, 0.25) is 5.91 Å². The number of carbonyl (C=O) groups excluding carboxylic acids is 1. The minimum absolute atomic E-state index is 0.0937. The van der Waals surface area contributed by atoms with E-state index in [4.69, 9.17) is 0 Å². The van der Waals surface area contributed by atoms with Crippen LogP contribution in [0.1, 0.15) is 38.2 Å². The van der Waals surface area contributed by atoms with Gasteiger partial charge in [-0.05, 0) is 55.4 Å². The third kappa shape index (κ3) is 4.51. The van der Waals surface area contributed by atoms with Gasteiger partial charge in [0.15, 0.2) is 0 Å². The molecule has 19 heavy (non-hydrogen) atoms. The average molecular weight is 261 g/mol. The fourth-order valence-electron chi connectivity index (χ4n) is 2.44. The first-order chi connectivity index (χ1) is 9.13. The number of rotatable bonds is 3. The van der Waals surface area contributed by atoms with E-state index in [0.29, 0.717) is 11.6 Å². The van der Waals surface area contributed by atoms with Gasteiger partial charge in [-0.1, -0.05) is 19.1 Å². The lowest BCUT2D eigenvalue weighted by Crippen LogP contribution is -2.36. The van der Waals surface area contributed by atoms with Crippen LogP contribution in [0.3, 0.4) is 0 Å². The lowest BCUT2D eigenvalue weighted by atomic mass is 9.87. The van der Waals surface area contributed by atoms with Crippen LogP contribution in [0.5, 0.6) is 0 Å². The molecule has 1 amide bonds. The summed E-state index contributed by atoms with van der Waals surface area (Å²) in [6.07, 6.45) is 7.59. The second-order valence-corrected chi connectivity index (χ2v) is 5.35. The van der Waals surface area contributed by atoms with Crippen LogP contribution >= 0.6 is 0 Å². The molecule has 0 heterocycles. The van der Waals surface area contributed by atoms with Crippen LogP contribution in [0.15, 0.2) is 30.3 Å². The predicted molar refractivity (Wildman–Crippen MR) is 75.0 cm³/mol. The number of hydrogen-bond donors (Lipinski definition) is 1. The molecule has 0 bridgehead atoms. The third-order valence-corrected chi connectivity index (χ3v) is 3.64. The summed E-state index contributed by atoms with van der Waals surface area (Å²) in [5, 5.41) is 3.00. The largest absolute Gasteiger partial charge is 0.350 e. The number of benzene rings is 1. The topological polar surface area (TPSA) is 29.1 Å². The molecule has 0 spiro atoms. The van der Waals surface area contributed by atoms with Crippen molar-refractivity contribution in [2.45, 2.75) is 38.6 Å². The molecule has 0 aromatic heterocycles. The van der Waals surface area contributed by atoms with Crippen molar-refractivity contribution in [2.24, 2.45) is 5.92 Å². The summed E-state index contributed by atoms with van der Waals surface area (Å²) in [5.41, 5.74) is 0.701. The van der Waals surface area contributed by atoms with Crippen LogP contribution in [0, 0.1) is 11.7 Å². The van der Waals surface area contributed by atoms with Crippen molar-refractivity contribution in [2.75, 3.05) is 0 Å². The van der Waals surface area contributed by atoms with E-state index in [0.717, 1.165) is 18.8 Å². The average Bonchev–Trinajstić information content (AvgIpc) is 2.39. The summed E-state index contributed by atoms with van der Waals surface area (Å²) < 4.78 is 13.0. The molecule has 102 valence electrons. The molecule has 0 atom stereocenters. The zero-order valence-corrected chi connectivity index (χ0v) is 11.2. The van der Waals surface area contributed by atoms with Crippen molar-refractivity contribution in [3.05, 3.63) is 41.7 Å². The summed E-state index contributed by atoms with van der Waals surface area (Å²) in [7, 11) is 0. The fourth-order valence-corrected chi connectivity index (χ4v) is 2.44. The zero-order valence-electron chi connectivity index (χ0n) is 11.2. The van der Waals surface area contributed by atoms with Crippen LogP contribution in [-0.4, -0.2) is 11.9 Å². The lowest BCUT2D eigenvalue weighted by Gasteiger charge is -2.26. The van der Waals surface area contributed by atoms with E-state index in [2.05, 4.69) is 12.2 Å². The Kier molecular flexibility index (Phi) is 4.72. The first-order valence-electron chi connectivity index (χ1n) is 6.87. The Labute approximate surface area is 113 Å². The highest BCUT2D eigenvalue weighted by molar-refractivity contribution is 5.91. The quantitative estimate of drug-likeness (QED) is 0.828. The first-order valence-corrected chi connectivity index (χ1v) is 6.87. The van der Waals surface area contributed by atoms with Gasteiger partial charge in [-0.15, -0.1) is 0 Å². The second kappa shape index (κ2) is 6.50. The Morgan fingerprint density at radius 1 is 1.32 bits per heavy atom. The van der Waals surface area contributed by atoms with Gasteiger partial charge in [-0.3, -0.25) is 4.79 Å². The Morgan fingerprint density at radius 3 is 2.74 bits per heavy atom. The maximum atomic E-state index is 13.0. The molecule has 1 aliphatic rings. The lowest BCUT2D eigenvalue weighted by molar-refractivity contribution is -0.117. The van der Waals surface area contributed by atoms with E-state index in [1.807, 2.05) is 0 Å². The van der Waals surface area contributed by atoms with Crippen molar-refractivity contribution in [3.63, 3.8) is 0 Å². The van der Waals surface area contributed by atoms with Gasteiger partial charge in [-0.25, -0.2) is 4.39 Å². The minimum atomic E-state index is -0.288. The molecular formula is C16H20FNO. The van der Waals surface area contributed by atoms with E-state index in [1.54, 1.807) is 18.2 Å². The number of carbonyl (C=O) groups is 1. The van der Waals surface area contributed by atoms with E-state index in [-0.39, 0.29) is 11.7 Å². The van der Waals surface area contributed by atoms with E-state index in [1.165, 1.54) is 31.1 Å². The molecule has 1 aromatic rings. The van der Waals surface area contributed by atoms with E-state index >= 15 is 0 Å². The van der Waals surface area contributed by atoms with E-state index < -0.39 is 0 Å². The molecule has 1 saturated carbocycles. The minimum Gasteiger partial charge on any atom is -0.350 e. The molecule has 1 fully saturated rings. The van der Waals surface area contributed by atoms with Crippen LogP contribution in [0.25, 0.3) is 6.08 Å². The predicted octanol–water partition coefficient (Wildman–Crippen LogP) is 3.53. The van der Waals surface area contributed by atoms with Crippen molar-refractivity contribution < 1.29 is 9.18 Å². The van der Waals surface area contributed by atoms with Gasteiger partial charge >= 0.3 is 0 Å². The van der Waals surface area contributed by atoms with Crippen molar-refractivity contribution >= 4 is 12.0 Å². The highest BCUT2D eigenvalue weighted by atomic mass is 19.1. The van der Waals surface area contributed by atoms with Gasteiger partial charge in [0, 0.05) is 12.1 Å². The standard InChI is InChI=1S/C16H20FNO/c1-12-5-8-15(9-6-12)18-16(19)10-7-13-3-2-4-14(17)11-13/h2-4,7,10-12,15H,5-6,8-9H2,1H3,(H,18,19)/b10-7+. The normalized spacial score (nSPS) is 23.5. The molecule has 1 aliphatic carbocycles. The van der Waals surface area contributed by atoms with Gasteiger partial charge in [-0.2, -0.15) is 0 Å². The van der Waals surface area contributed by atoms with Gasteiger partial charge < -0.3 is 5.32 Å². The summed E-state index contributed by atoms with van der Waals surface area (Å²) >= 11 is 0. The maximum Gasteiger partial charge on any atom is 0.244 e. The van der Waals surface area contributed by atoms with Crippen LogP contribution in [0.4, 0.5) is 4.39 Å². The monoisotopic (exact) mass is 261 g/mol. The van der Waals surface area contributed by atoms with Crippen LogP contribution < -0.4 is 5.32 Å². The van der Waals surface area contributed by atoms with Gasteiger partial charge in [0.25, 0.3) is 0 Å². The van der Waals surface area contributed by atoms with Crippen LogP contribution in [0.2, 0.25) is 0 Å². The number of hydrogen-bond acceptors (Lipinski definition) is 1. The molecule has 3 heteroatoms. The fraction of sp³-hybridized carbons (Fsp3) is 0.438. The molecule has 1 aromatic carbocycles. The molecule has 2 rings (SSSR count). The zero-order chi connectivity index (χ0) is 13.7. The molecule has 0 aliphatic heterocycles. The van der Waals surface area contributed by atoms with Crippen LogP contribution in [-0.2, 0) is 4.79 Å². The smallest absolute Gasteiger partial charge is 0.244 e. The number of amides is 1. The molecule has 0 radical (unpaired) electrons. The highest BCUT2D eigenvalue weighted by Gasteiger charge is 2.18. The van der Waals surface area contributed by atoms with Crippen molar-refractivity contribution in [1.29, 1.82) is 0 Å².